The number of aryl methyl sites for hydroxylation is 1. The van der Waals surface area contributed by atoms with Gasteiger partial charge in [-0.3, -0.25) is 30.6 Å². The van der Waals surface area contributed by atoms with E-state index in [4.69, 9.17) is 9.47 Å². The minimum atomic E-state index is -1.07. The predicted octanol–water partition coefficient (Wildman–Crippen LogP) is 1.90. The third kappa shape index (κ3) is 5.70. The standard InChI is InChI=1S/C18H19N3O6/c1-12-7-3-5-9-15(12)26-11-17(22)19-20-18(23)13(2)27-16-10-6-4-8-14(16)21(24)25/h3-10,13H,11H2,1-2H3,(H,19,22)(H,20,23). The van der Waals surface area contributed by atoms with E-state index in [-0.39, 0.29) is 18.0 Å². The van der Waals surface area contributed by atoms with Gasteiger partial charge in [0.25, 0.3) is 11.8 Å². The molecule has 1 atom stereocenters. The van der Waals surface area contributed by atoms with Crippen molar-refractivity contribution in [3.8, 4) is 11.5 Å². The van der Waals surface area contributed by atoms with Crippen LogP contribution in [0.5, 0.6) is 11.5 Å². The molecular weight excluding hydrogens is 354 g/mol. The summed E-state index contributed by atoms with van der Waals surface area (Å²) in [6.07, 6.45) is -1.07. The molecule has 0 radical (unpaired) electrons. The van der Waals surface area contributed by atoms with Crippen molar-refractivity contribution in [3.63, 3.8) is 0 Å². The van der Waals surface area contributed by atoms with Gasteiger partial charge < -0.3 is 9.47 Å². The van der Waals surface area contributed by atoms with Gasteiger partial charge in [-0.15, -0.1) is 0 Å². The number of rotatable bonds is 7. The second-order valence-corrected chi connectivity index (χ2v) is 5.58. The summed E-state index contributed by atoms with van der Waals surface area (Å²) in [5, 5.41) is 11.0. The number of nitro benzene ring substituents is 1. The number of nitro groups is 1. The highest BCUT2D eigenvalue weighted by molar-refractivity contribution is 5.85. The number of hydrogen-bond donors (Lipinski definition) is 2. The zero-order valence-corrected chi connectivity index (χ0v) is 14.8. The quantitative estimate of drug-likeness (QED) is 0.565. The van der Waals surface area contributed by atoms with Crippen molar-refractivity contribution >= 4 is 17.5 Å². The molecule has 0 aromatic heterocycles. The Bertz CT molecular complexity index is 839. The fourth-order valence-corrected chi connectivity index (χ4v) is 2.08. The molecule has 0 heterocycles. The van der Waals surface area contributed by atoms with Gasteiger partial charge in [-0.25, -0.2) is 0 Å². The van der Waals surface area contributed by atoms with Crippen LogP contribution in [0.2, 0.25) is 0 Å². The van der Waals surface area contributed by atoms with Gasteiger partial charge in [0.05, 0.1) is 4.92 Å². The third-order valence-corrected chi connectivity index (χ3v) is 3.51. The molecule has 27 heavy (non-hydrogen) atoms. The average molecular weight is 373 g/mol. The molecule has 2 aromatic carbocycles. The number of nitrogens with zero attached hydrogens (tertiary/aromatic N) is 1. The maximum absolute atomic E-state index is 12.0. The number of carbonyl (C=O) groups is 2. The Morgan fingerprint density at radius 3 is 2.37 bits per heavy atom. The van der Waals surface area contributed by atoms with E-state index in [1.165, 1.54) is 25.1 Å². The van der Waals surface area contributed by atoms with E-state index >= 15 is 0 Å². The number of para-hydroxylation sites is 3. The number of amides is 2. The first-order chi connectivity index (χ1) is 12.9. The molecule has 9 heteroatoms. The van der Waals surface area contributed by atoms with E-state index in [1.54, 1.807) is 18.2 Å². The molecule has 2 N–H and O–H groups in total. The number of ether oxygens (including phenoxy) is 2. The Morgan fingerprint density at radius 2 is 1.70 bits per heavy atom. The molecular formula is C18H19N3O6. The van der Waals surface area contributed by atoms with Crippen LogP contribution >= 0.6 is 0 Å². The summed E-state index contributed by atoms with van der Waals surface area (Å²) in [5.41, 5.74) is 5.01. The number of nitrogens with one attached hydrogen (secondary N) is 2. The van der Waals surface area contributed by atoms with Crippen LogP contribution in [-0.4, -0.2) is 29.4 Å². The molecule has 142 valence electrons. The van der Waals surface area contributed by atoms with Crippen molar-refractivity contribution in [1.82, 2.24) is 10.9 Å². The Kier molecular flexibility index (Phi) is 6.70. The Labute approximate surface area is 155 Å². The van der Waals surface area contributed by atoms with E-state index < -0.39 is 22.8 Å². The molecule has 2 rings (SSSR count). The lowest BCUT2D eigenvalue weighted by Crippen LogP contribution is -2.48. The molecule has 0 spiro atoms. The van der Waals surface area contributed by atoms with Gasteiger partial charge in [0.2, 0.25) is 0 Å². The zero-order chi connectivity index (χ0) is 19.8. The topological polar surface area (TPSA) is 120 Å². The maximum atomic E-state index is 12.0. The van der Waals surface area contributed by atoms with Gasteiger partial charge >= 0.3 is 5.69 Å². The van der Waals surface area contributed by atoms with E-state index in [1.807, 2.05) is 19.1 Å². The molecule has 0 aliphatic heterocycles. The Hall–Kier alpha value is -3.62. The molecule has 0 aliphatic rings. The summed E-state index contributed by atoms with van der Waals surface area (Å²) in [7, 11) is 0. The number of benzene rings is 2. The first-order valence-electron chi connectivity index (χ1n) is 8.05. The Balaban J connectivity index is 1.82. The number of hydrazine groups is 1. The third-order valence-electron chi connectivity index (χ3n) is 3.51. The lowest BCUT2D eigenvalue weighted by atomic mass is 10.2. The first-order valence-corrected chi connectivity index (χ1v) is 8.05. The maximum Gasteiger partial charge on any atom is 0.310 e. The van der Waals surface area contributed by atoms with Gasteiger partial charge in [0.15, 0.2) is 18.5 Å². The summed E-state index contributed by atoms with van der Waals surface area (Å²) < 4.78 is 10.7. The highest BCUT2D eigenvalue weighted by Gasteiger charge is 2.21. The zero-order valence-electron chi connectivity index (χ0n) is 14.8. The molecule has 1 unspecified atom stereocenters. The van der Waals surface area contributed by atoms with Gasteiger partial charge in [0.1, 0.15) is 5.75 Å². The SMILES string of the molecule is Cc1ccccc1OCC(=O)NNC(=O)C(C)Oc1ccccc1[N+](=O)[O-]. The fourth-order valence-electron chi connectivity index (χ4n) is 2.08. The molecule has 0 saturated carbocycles. The lowest BCUT2D eigenvalue weighted by molar-refractivity contribution is -0.386. The summed E-state index contributed by atoms with van der Waals surface area (Å²) in [6, 6.07) is 12.9. The van der Waals surface area contributed by atoms with Crippen LogP contribution in [0.4, 0.5) is 5.69 Å². The molecule has 0 saturated heterocycles. The molecule has 9 nitrogen and oxygen atoms in total. The largest absolute Gasteiger partial charge is 0.483 e. The minimum Gasteiger partial charge on any atom is -0.483 e. The smallest absolute Gasteiger partial charge is 0.310 e. The Morgan fingerprint density at radius 1 is 1.07 bits per heavy atom. The second kappa shape index (κ2) is 9.18. The van der Waals surface area contributed by atoms with Crippen LogP contribution in [0.15, 0.2) is 48.5 Å². The summed E-state index contributed by atoms with van der Waals surface area (Å²) in [5.74, 6) is -0.715. The van der Waals surface area contributed by atoms with Gasteiger partial charge in [0, 0.05) is 6.07 Å². The fraction of sp³-hybridized carbons (Fsp3) is 0.222. The number of hydrogen-bond acceptors (Lipinski definition) is 6. The van der Waals surface area contributed by atoms with Crippen molar-refractivity contribution in [3.05, 3.63) is 64.2 Å². The highest BCUT2D eigenvalue weighted by Crippen LogP contribution is 2.26. The van der Waals surface area contributed by atoms with Crippen LogP contribution < -0.4 is 20.3 Å². The van der Waals surface area contributed by atoms with Crippen LogP contribution in [-0.2, 0) is 9.59 Å². The van der Waals surface area contributed by atoms with Crippen LogP contribution in [0, 0.1) is 17.0 Å². The average Bonchev–Trinajstić information content (AvgIpc) is 2.65. The monoisotopic (exact) mass is 373 g/mol. The first kappa shape index (κ1) is 19.7. The van der Waals surface area contributed by atoms with E-state index in [2.05, 4.69) is 10.9 Å². The van der Waals surface area contributed by atoms with Gasteiger partial charge in [-0.05, 0) is 31.5 Å². The normalized spacial score (nSPS) is 11.2. The van der Waals surface area contributed by atoms with Crippen molar-refractivity contribution < 1.29 is 24.0 Å². The van der Waals surface area contributed by atoms with Crippen LogP contribution in [0.25, 0.3) is 0 Å². The predicted molar refractivity (Wildman–Crippen MR) is 96.1 cm³/mol. The minimum absolute atomic E-state index is 0.0423. The number of carbonyl (C=O) groups excluding carboxylic acids is 2. The molecule has 0 fully saturated rings. The van der Waals surface area contributed by atoms with E-state index in [0.717, 1.165) is 5.56 Å². The van der Waals surface area contributed by atoms with Crippen molar-refractivity contribution in [1.29, 1.82) is 0 Å². The highest BCUT2D eigenvalue weighted by atomic mass is 16.6. The van der Waals surface area contributed by atoms with Crippen molar-refractivity contribution in [2.24, 2.45) is 0 Å². The second-order valence-electron chi connectivity index (χ2n) is 5.58. The molecule has 0 aliphatic carbocycles. The lowest BCUT2D eigenvalue weighted by Gasteiger charge is -2.15. The van der Waals surface area contributed by atoms with Gasteiger partial charge in [-0.2, -0.15) is 0 Å². The molecule has 2 amide bonds. The molecule has 0 bridgehead atoms. The van der Waals surface area contributed by atoms with Gasteiger partial charge in [-0.1, -0.05) is 30.3 Å². The summed E-state index contributed by atoms with van der Waals surface area (Å²) in [6.45, 7) is 2.96. The molecule has 2 aromatic rings. The van der Waals surface area contributed by atoms with E-state index in [9.17, 15) is 19.7 Å². The van der Waals surface area contributed by atoms with Crippen molar-refractivity contribution in [2.75, 3.05) is 6.61 Å². The van der Waals surface area contributed by atoms with Crippen LogP contribution in [0.1, 0.15) is 12.5 Å². The summed E-state index contributed by atoms with van der Waals surface area (Å²) in [4.78, 5) is 34.1. The van der Waals surface area contributed by atoms with E-state index in [0.29, 0.717) is 5.75 Å². The van der Waals surface area contributed by atoms with Crippen molar-refractivity contribution in [2.45, 2.75) is 20.0 Å². The van der Waals surface area contributed by atoms with Crippen LogP contribution in [0.3, 0.4) is 0 Å². The summed E-state index contributed by atoms with van der Waals surface area (Å²) >= 11 is 0.